The van der Waals surface area contributed by atoms with E-state index >= 15 is 0 Å². The van der Waals surface area contributed by atoms with Crippen LogP contribution in [0.15, 0.2) is 24.3 Å². The molecule has 2 amide bonds. The van der Waals surface area contributed by atoms with E-state index in [-0.39, 0.29) is 47.7 Å². The van der Waals surface area contributed by atoms with Crippen molar-refractivity contribution < 1.29 is 23.9 Å². The zero-order chi connectivity index (χ0) is 22.2. The molecule has 0 bridgehead atoms. The summed E-state index contributed by atoms with van der Waals surface area (Å²) in [4.78, 5) is 40.7. The molecule has 3 aliphatic rings. The van der Waals surface area contributed by atoms with Gasteiger partial charge >= 0.3 is 0 Å². The van der Waals surface area contributed by atoms with Crippen molar-refractivity contribution in [2.75, 3.05) is 32.8 Å². The molecule has 168 valence electrons. The van der Waals surface area contributed by atoms with E-state index in [1.165, 1.54) is 6.92 Å². The third kappa shape index (κ3) is 4.76. The van der Waals surface area contributed by atoms with Gasteiger partial charge in [0.05, 0.1) is 12.2 Å². The molecular formula is C24H32N2O5. The topological polar surface area (TPSA) is 76.2 Å². The van der Waals surface area contributed by atoms with E-state index in [4.69, 9.17) is 9.47 Å². The molecule has 3 atom stereocenters. The van der Waals surface area contributed by atoms with Gasteiger partial charge in [0.25, 0.3) is 5.91 Å². The molecule has 2 heterocycles. The summed E-state index contributed by atoms with van der Waals surface area (Å²) in [6.07, 6.45) is 2.85. The zero-order valence-corrected chi connectivity index (χ0v) is 18.6. The number of likely N-dealkylation sites (tertiary alicyclic amines) is 1. The fraction of sp³-hybridized carbons (Fsp3) is 0.625. The highest BCUT2D eigenvalue weighted by molar-refractivity contribution is 5.94. The van der Waals surface area contributed by atoms with E-state index in [1.807, 2.05) is 23.6 Å². The first-order valence-corrected chi connectivity index (χ1v) is 11.2. The van der Waals surface area contributed by atoms with Gasteiger partial charge in [-0.3, -0.25) is 14.4 Å². The Morgan fingerprint density at radius 2 is 1.65 bits per heavy atom. The van der Waals surface area contributed by atoms with Crippen LogP contribution in [0.1, 0.15) is 50.4 Å². The lowest BCUT2D eigenvalue weighted by atomic mass is 9.90. The SMILES string of the molecule is CC(=O)c1ccc(OCC(=O)N2CCC3(CC2)C[C@@H]3C(=O)N2C[C@@H](C)O[C@@H](C)C2)cc1. The molecule has 1 aromatic carbocycles. The maximum Gasteiger partial charge on any atom is 0.260 e. The predicted octanol–water partition coefficient (Wildman–Crippen LogP) is 2.53. The molecule has 3 fully saturated rings. The van der Waals surface area contributed by atoms with Crippen LogP contribution in [0.5, 0.6) is 5.75 Å². The van der Waals surface area contributed by atoms with E-state index in [0.29, 0.717) is 37.5 Å². The van der Waals surface area contributed by atoms with Gasteiger partial charge in [-0.25, -0.2) is 0 Å². The molecule has 7 nitrogen and oxygen atoms in total. The molecule has 1 saturated carbocycles. The number of amides is 2. The van der Waals surface area contributed by atoms with Crippen LogP contribution < -0.4 is 4.74 Å². The number of hydrogen-bond acceptors (Lipinski definition) is 5. The van der Waals surface area contributed by atoms with Crippen molar-refractivity contribution in [1.82, 2.24) is 9.80 Å². The Hall–Kier alpha value is -2.41. The lowest BCUT2D eigenvalue weighted by Gasteiger charge is -2.37. The lowest BCUT2D eigenvalue weighted by Crippen LogP contribution is -2.49. The van der Waals surface area contributed by atoms with Crippen LogP contribution in [0, 0.1) is 11.3 Å². The number of morpholine rings is 1. The van der Waals surface area contributed by atoms with E-state index in [9.17, 15) is 14.4 Å². The van der Waals surface area contributed by atoms with Gasteiger partial charge in [-0.1, -0.05) is 0 Å². The molecule has 0 radical (unpaired) electrons. The monoisotopic (exact) mass is 428 g/mol. The molecule has 0 unspecified atom stereocenters. The largest absolute Gasteiger partial charge is 0.484 e. The van der Waals surface area contributed by atoms with E-state index in [0.717, 1.165) is 19.3 Å². The summed E-state index contributed by atoms with van der Waals surface area (Å²) in [5.41, 5.74) is 0.691. The number of Topliss-reactive ketones (excluding diaryl/α,β-unsaturated/α-hetero) is 1. The Bertz CT molecular complexity index is 834. The number of hydrogen-bond donors (Lipinski definition) is 0. The third-order valence-electron chi connectivity index (χ3n) is 6.95. The average molecular weight is 429 g/mol. The fourth-order valence-corrected chi connectivity index (χ4v) is 5.05. The third-order valence-corrected chi connectivity index (χ3v) is 6.95. The molecule has 1 aliphatic carbocycles. The first-order chi connectivity index (χ1) is 14.8. The van der Waals surface area contributed by atoms with Gasteiger partial charge in [0, 0.05) is 37.7 Å². The van der Waals surface area contributed by atoms with Gasteiger partial charge in [-0.15, -0.1) is 0 Å². The van der Waals surface area contributed by atoms with Gasteiger partial charge in [0.1, 0.15) is 5.75 Å². The second kappa shape index (κ2) is 8.61. The highest BCUT2D eigenvalue weighted by Crippen LogP contribution is 2.60. The van der Waals surface area contributed by atoms with Crippen LogP contribution in [-0.2, 0) is 14.3 Å². The predicted molar refractivity (Wildman–Crippen MR) is 115 cm³/mol. The molecule has 2 aliphatic heterocycles. The van der Waals surface area contributed by atoms with Crippen molar-refractivity contribution in [3.63, 3.8) is 0 Å². The lowest BCUT2D eigenvalue weighted by molar-refractivity contribution is -0.145. The summed E-state index contributed by atoms with van der Waals surface area (Å²) in [5.74, 6) is 0.898. The minimum absolute atomic E-state index is 0.000576. The second-order valence-electron chi connectivity index (χ2n) is 9.37. The molecule has 4 rings (SSSR count). The van der Waals surface area contributed by atoms with Gasteiger partial charge in [-0.05, 0) is 69.7 Å². The highest BCUT2D eigenvalue weighted by atomic mass is 16.5. The number of piperidine rings is 1. The Labute approximate surface area is 183 Å². The van der Waals surface area contributed by atoms with Gasteiger partial charge < -0.3 is 19.3 Å². The number of carbonyl (C=O) groups is 3. The molecule has 7 heteroatoms. The summed E-state index contributed by atoms with van der Waals surface area (Å²) < 4.78 is 11.4. The molecule has 1 aromatic rings. The maximum atomic E-state index is 13.0. The fourth-order valence-electron chi connectivity index (χ4n) is 5.05. The molecule has 1 spiro atoms. The van der Waals surface area contributed by atoms with Crippen molar-refractivity contribution in [2.45, 2.75) is 52.2 Å². The molecular weight excluding hydrogens is 396 g/mol. The Morgan fingerprint density at radius 3 is 2.23 bits per heavy atom. The van der Waals surface area contributed by atoms with Crippen molar-refractivity contribution in [2.24, 2.45) is 11.3 Å². The number of carbonyl (C=O) groups excluding carboxylic acids is 3. The summed E-state index contributed by atoms with van der Waals surface area (Å²) in [6.45, 7) is 8.22. The van der Waals surface area contributed by atoms with E-state index in [1.54, 1.807) is 24.3 Å². The van der Waals surface area contributed by atoms with Gasteiger partial charge in [0.15, 0.2) is 12.4 Å². The smallest absolute Gasteiger partial charge is 0.260 e. The number of ether oxygens (including phenoxy) is 2. The maximum absolute atomic E-state index is 13.0. The first kappa shape index (κ1) is 21.8. The summed E-state index contributed by atoms with van der Waals surface area (Å²) in [5, 5.41) is 0. The van der Waals surface area contributed by atoms with E-state index in [2.05, 4.69) is 0 Å². The first-order valence-electron chi connectivity index (χ1n) is 11.2. The van der Waals surface area contributed by atoms with Crippen LogP contribution in [0.2, 0.25) is 0 Å². The molecule has 31 heavy (non-hydrogen) atoms. The van der Waals surface area contributed by atoms with Crippen molar-refractivity contribution in [3.8, 4) is 5.75 Å². The Kier molecular flexibility index (Phi) is 6.06. The normalized spacial score (nSPS) is 27.1. The standard InChI is InChI=1S/C24H32N2O5/c1-16-13-26(14-17(2)31-16)23(29)21-12-24(21)8-10-25(11-9-24)22(28)15-30-20-6-4-19(5-7-20)18(3)27/h4-7,16-17,21H,8-15H2,1-3H3/t16-,17+,21-/m1/s1. The molecule has 0 N–H and O–H groups in total. The molecule has 2 saturated heterocycles. The number of benzene rings is 1. The molecule has 0 aromatic heterocycles. The quantitative estimate of drug-likeness (QED) is 0.674. The Morgan fingerprint density at radius 1 is 1.03 bits per heavy atom. The number of ketones is 1. The Balaban J connectivity index is 1.24. The van der Waals surface area contributed by atoms with Crippen molar-refractivity contribution >= 4 is 17.6 Å². The summed E-state index contributed by atoms with van der Waals surface area (Å²) in [6, 6.07) is 6.83. The average Bonchev–Trinajstić information content (AvgIpc) is 3.44. The zero-order valence-electron chi connectivity index (χ0n) is 18.6. The number of nitrogens with zero attached hydrogens (tertiary/aromatic N) is 2. The highest BCUT2D eigenvalue weighted by Gasteiger charge is 2.59. The second-order valence-corrected chi connectivity index (χ2v) is 9.37. The number of rotatable bonds is 5. The minimum atomic E-state index is -0.0372. The van der Waals surface area contributed by atoms with Crippen LogP contribution in [0.25, 0.3) is 0 Å². The summed E-state index contributed by atoms with van der Waals surface area (Å²) in [7, 11) is 0. The van der Waals surface area contributed by atoms with Gasteiger partial charge in [0.2, 0.25) is 5.91 Å². The van der Waals surface area contributed by atoms with Crippen LogP contribution >= 0.6 is 0 Å². The van der Waals surface area contributed by atoms with Gasteiger partial charge in [-0.2, -0.15) is 0 Å². The van der Waals surface area contributed by atoms with Crippen molar-refractivity contribution in [1.29, 1.82) is 0 Å². The van der Waals surface area contributed by atoms with Crippen LogP contribution in [0.3, 0.4) is 0 Å². The van der Waals surface area contributed by atoms with Crippen LogP contribution in [-0.4, -0.2) is 72.4 Å². The van der Waals surface area contributed by atoms with Crippen LogP contribution in [0.4, 0.5) is 0 Å². The van der Waals surface area contributed by atoms with E-state index < -0.39 is 0 Å². The van der Waals surface area contributed by atoms with Crippen molar-refractivity contribution in [3.05, 3.63) is 29.8 Å². The summed E-state index contributed by atoms with van der Waals surface area (Å²) >= 11 is 0. The minimum Gasteiger partial charge on any atom is -0.484 e.